The highest BCUT2D eigenvalue weighted by Crippen LogP contribution is 2.08. The Kier molecular flexibility index (Phi) is 13.6. The molecule has 0 aromatic rings. The molecule has 35 heavy (non-hydrogen) atoms. The number of carboxylic acids is 4. The first kappa shape index (κ1) is 31.2. The third kappa shape index (κ3) is 13.5. The van der Waals surface area contributed by atoms with Gasteiger partial charge in [-0.25, -0.2) is 4.79 Å². The van der Waals surface area contributed by atoms with E-state index in [1.54, 1.807) is 13.8 Å². The van der Waals surface area contributed by atoms with Crippen LogP contribution in [0.15, 0.2) is 0 Å². The molecule has 0 aromatic heterocycles. The molecule has 0 rings (SSSR count). The van der Waals surface area contributed by atoms with Gasteiger partial charge in [-0.2, -0.15) is 0 Å². The minimum absolute atomic E-state index is 0.0565. The maximum absolute atomic E-state index is 12.8. The Morgan fingerprint density at radius 3 is 1.57 bits per heavy atom. The maximum Gasteiger partial charge on any atom is 0.326 e. The van der Waals surface area contributed by atoms with Crippen molar-refractivity contribution in [1.29, 1.82) is 0 Å². The summed E-state index contributed by atoms with van der Waals surface area (Å²) in [6.45, 7) is 3.44. The minimum atomic E-state index is -1.74. The van der Waals surface area contributed by atoms with Crippen LogP contribution >= 0.6 is 0 Å². The van der Waals surface area contributed by atoms with Crippen molar-refractivity contribution in [2.45, 2.75) is 76.5 Å². The summed E-state index contributed by atoms with van der Waals surface area (Å²) in [6.07, 6.45) is -2.52. The number of amides is 3. The molecule has 4 atom stereocenters. The first-order valence-corrected chi connectivity index (χ1v) is 10.7. The molecule has 0 aromatic carbocycles. The molecule has 0 aliphatic heterocycles. The number of hydrogen-bond donors (Lipinski definition) is 8. The number of aliphatic carboxylic acids is 4. The van der Waals surface area contributed by atoms with Gasteiger partial charge in [-0.15, -0.1) is 0 Å². The van der Waals surface area contributed by atoms with Crippen LogP contribution in [0, 0.1) is 5.92 Å². The number of carbonyl (C=O) groups excluding carboxylic acids is 3. The van der Waals surface area contributed by atoms with Crippen LogP contribution in [0.4, 0.5) is 0 Å². The summed E-state index contributed by atoms with van der Waals surface area (Å²) in [5.74, 6) is -8.64. The monoisotopic (exact) mass is 504 g/mol. The van der Waals surface area contributed by atoms with Gasteiger partial charge in [-0.3, -0.25) is 28.8 Å². The van der Waals surface area contributed by atoms with Crippen LogP contribution in [0.3, 0.4) is 0 Å². The Morgan fingerprint density at radius 2 is 1.11 bits per heavy atom. The van der Waals surface area contributed by atoms with Gasteiger partial charge in [0, 0.05) is 12.8 Å². The van der Waals surface area contributed by atoms with Crippen molar-refractivity contribution < 1.29 is 54.0 Å². The molecular weight excluding hydrogens is 472 g/mol. The number of rotatable bonds is 17. The normalized spacial score (nSPS) is 14.2. The number of nitrogens with one attached hydrogen (secondary N) is 3. The second kappa shape index (κ2) is 15.2. The fraction of sp³-hybridized carbons (Fsp3) is 0.650. The molecule has 15 heteroatoms. The van der Waals surface area contributed by atoms with Crippen LogP contribution in [0.1, 0.15) is 52.4 Å². The Morgan fingerprint density at radius 1 is 0.657 bits per heavy atom. The van der Waals surface area contributed by atoms with Gasteiger partial charge >= 0.3 is 23.9 Å². The fourth-order valence-corrected chi connectivity index (χ4v) is 2.85. The van der Waals surface area contributed by atoms with Crippen LogP contribution in [0.2, 0.25) is 0 Å². The van der Waals surface area contributed by atoms with Crippen molar-refractivity contribution in [3.8, 4) is 0 Å². The van der Waals surface area contributed by atoms with Gasteiger partial charge in [0.1, 0.15) is 18.1 Å². The van der Waals surface area contributed by atoms with Crippen molar-refractivity contribution in [3.63, 3.8) is 0 Å². The lowest BCUT2D eigenvalue weighted by Gasteiger charge is -2.25. The third-order valence-corrected chi connectivity index (χ3v) is 4.62. The molecule has 0 saturated carbocycles. The molecule has 0 saturated heterocycles. The molecule has 9 N–H and O–H groups in total. The first-order chi connectivity index (χ1) is 16.1. The number of carboxylic acid groups (broad SMARTS) is 4. The van der Waals surface area contributed by atoms with E-state index in [2.05, 4.69) is 10.6 Å². The third-order valence-electron chi connectivity index (χ3n) is 4.62. The van der Waals surface area contributed by atoms with Crippen molar-refractivity contribution in [1.82, 2.24) is 16.0 Å². The highest BCUT2D eigenvalue weighted by molar-refractivity contribution is 5.95. The average Bonchev–Trinajstić information content (AvgIpc) is 2.72. The Balaban J connectivity index is 5.51. The Bertz CT molecular complexity index is 815. The molecular formula is C20H32N4O11. The van der Waals surface area contributed by atoms with Gasteiger partial charge in [0.15, 0.2) is 0 Å². The summed E-state index contributed by atoms with van der Waals surface area (Å²) in [7, 11) is 0. The zero-order valence-electron chi connectivity index (χ0n) is 19.4. The van der Waals surface area contributed by atoms with E-state index in [4.69, 9.17) is 21.1 Å². The molecule has 0 spiro atoms. The van der Waals surface area contributed by atoms with Crippen LogP contribution in [0.5, 0.6) is 0 Å². The van der Waals surface area contributed by atoms with E-state index in [1.165, 1.54) is 0 Å². The second-order valence-corrected chi connectivity index (χ2v) is 8.22. The first-order valence-electron chi connectivity index (χ1n) is 10.7. The van der Waals surface area contributed by atoms with Gasteiger partial charge in [0.2, 0.25) is 17.7 Å². The zero-order chi connectivity index (χ0) is 27.3. The summed E-state index contributed by atoms with van der Waals surface area (Å²) < 4.78 is 0. The zero-order valence-corrected chi connectivity index (χ0v) is 19.4. The highest BCUT2D eigenvalue weighted by atomic mass is 16.4. The predicted molar refractivity (Wildman–Crippen MR) is 117 cm³/mol. The second-order valence-electron chi connectivity index (χ2n) is 8.22. The summed E-state index contributed by atoms with van der Waals surface area (Å²) in [4.78, 5) is 81.5. The molecule has 3 amide bonds. The van der Waals surface area contributed by atoms with E-state index in [1.807, 2.05) is 5.32 Å². The Labute approximate surface area is 200 Å². The minimum Gasteiger partial charge on any atom is -0.481 e. The molecule has 15 nitrogen and oxygen atoms in total. The summed E-state index contributed by atoms with van der Waals surface area (Å²) >= 11 is 0. The van der Waals surface area contributed by atoms with E-state index in [-0.39, 0.29) is 25.2 Å². The van der Waals surface area contributed by atoms with Gasteiger partial charge in [-0.05, 0) is 25.2 Å². The van der Waals surface area contributed by atoms with Crippen molar-refractivity contribution >= 4 is 41.6 Å². The van der Waals surface area contributed by atoms with Gasteiger partial charge < -0.3 is 42.1 Å². The lowest BCUT2D eigenvalue weighted by molar-refractivity contribution is -0.144. The topological polar surface area (TPSA) is 263 Å². The number of hydrogen-bond acceptors (Lipinski definition) is 8. The number of carbonyl (C=O) groups is 7. The van der Waals surface area contributed by atoms with Crippen LogP contribution < -0.4 is 21.7 Å². The molecule has 0 aliphatic carbocycles. The van der Waals surface area contributed by atoms with Crippen LogP contribution in [-0.4, -0.2) is 86.2 Å². The smallest absolute Gasteiger partial charge is 0.326 e. The fourth-order valence-electron chi connectivity index (χ4n) is 2.85. The summed E-state index contributed by atoms with van der Waals surface area (Å²) in [5.41, 5.74) is 5.65. The van der Waals surface area contributed by atoms with E-state index in [0.29, 0.717) is 0 Å². The molecule has 0 radical (unpaired) electrons. The lowest BCUT2D eigenvalue weighted by atomic mass is 10.0. The molecule has 4 unspecified atom stereocenters. The average molecular weight is 504 g/mol. The maximum atomic E-state index is 12.8. The van der Waals surface area contributed by atoms with Gasteiger partial charge in [0.05, 0.1) is 12.5 Å². The largest absolute Gasteiger partial charge is 0.481 e. The molecule has 0 aliphatic rings. The molecule has 0 heterocycles. The molecule has 198 valence electrons. The van der Waals surface area contributed by atoms with Crippen molar-refractivity contribution in [2.75, 3.05) is 0 Å². The Hall–Kier alpha value is -3.75. The van der Waals surface area contributed by atoms with Gasteiger partial charge in [-0.1, -0.05) is 13.8 Å². The van der Waals surface area contributed by atoms with Crippen molar-refractivity contribution in [2.24, 2.45) is 11.7 Å². The predicted octanol–water partition coefficient (Wildman–Crippen LogP) is -1.90. The molecule has 0 bridgehead atoms. The van der Waals surface area contributed by atoms with E-state index in [9.17, 15) is 38.7 Å². The lowest BCUT2D eigenvalue weighted by Crippen LogP contribution is -2.57. The molecule has 0 fully saturated rings. The SMILES string of the molecule is CC(C)CC(NC(=O)C(N)CCC(=O)O)C(=O)NC(CC(=O)O)C(=O)NC(CCC(=O)O)C(=O)O. The standard InChI is InChI=1S/C20H32N4O11/c1-9(2)7-12(23-17(31)10(21)3-5-14(25)26)18(32)24-13(8-16(29)30)19(33)22-11(20(34)35)4-6-15(27)28/h9-13H,3-8,21H2,1-2H3,(H,22,33)(H,23,31)(H,24,32)(H,25,26)(H,27,28)(H,29,30)(H,34,35). The summed E-state index contributed by atoms with van der Waals surface area (Å²) in [6, 6.07) is -5.88. The highest BCUT2D eigenvalue weighted by Gasteiger charge is 2.32. The van der Waals surface area contributed by atoms with E-state index in [0.717, 1.165) is 0 Å². The number of nitrogens with two attached hydrogens (primary N) is 1. The van der Waals surface area contributed by atoms with E-state index >= 15 is 0 Å². The quantitative estimate of drug-likeness (QED) is 0.108. The van der Waals surface area contributed by atoms with Gasteiger partial charge in [0.25, 0.3) is 0 Å². The van der Waals surface area contributed by atoms with E-state index < -0.39 is 85.0 Å². The van der Waals surface area contributed by atoms with Crippen molar-refractivity contribution in [3.05, 3.63) is 0 Å². The van der Waals surface area contributed by atoms with Crippen LogP contribution in [-0.2, 0) is 33.6 Å². The van der Waals surface area contributed by atoms with Crippen LogP contribution in [0.25, 0.3) is 0 Å². The summed E-state index contributed by atoms with van der Waals surface area (Å²) in [5, 5.41) is 42.3.